The normalized spacial score (nSPS) is 26.2. The number of nitrogens with two attached hydrogens (primary N) is 1. The summed E-state index contributed by atoms with van der Waals surface area (Å²) >= 11 is 0. The molecule has 2 fully saturated rings. The van der Waals surface area contributed by atoms with Crippen molar-refractivity contribution < 1.29 is 9.53 Å². The van der Waals surface area contributed by atoms with Gasteiger partial charge in [-0.05, 0) is 80.9 Å². The second kappa shape index (κ2) is 7.80. The number of hydrogen-bond acceptors (Lipinski definition) is 2. The maximum atomic E-state index is 12.1. The first kappa shape index (κ1) is 18.3. The number of ether oxygens (including phenoxy) is 1. The van der Waals surface area contributed by atoms with E-state index in [1.165, 1.54) is 56.1 Å². The molecule has 2 N–H and O–H groups in total. The average molecular weight is 344 g/mol. The molecule has 0 saturated heterocycles. The van der Waals surface area contributed by atoms with Gasteiger partial charge in [-0.2, -0.15) is 0 Å². The van der Waals surface area contributed by atoms with E-state index < -0.39 is 0 Å². The van der Waals surface area contributed by atoms with E-state index in [2.05, 4.69) is 25.1 Å². The summed E-state index contributed by atoms with van der Waals surface area (Å²) in [7, 11) is 1.73. The summed E-state index contributed by atoms with van der Waals surface area (Å²) in [6.07, 6.45) is 11.6. The number of hydrogen-bond donors (Lipinski definition) is 1. The number of methoxy groups -OCH3 is 1. The van der Waals surface area contributed by atoms with Crippen LogP contribution in [0.15, 0.2) is 18.2 Å². The van der Waals surface area contributed by atoms with Crippen molar-refractivity contribution in [2.45, 2.75) is 77.0 Å². The number of carbonyl (C=O) groups is 1. The lowest BCUT2D eigenvalue weighted by molar-refractivity contribution is -0.131. The monoisotopic (exact) mass is 343 g/mol. The molecule has 3 heteroatoms. The first-order chi connectivity index (χ1) is 12.0. The SMILES string of the molecule is COc1ccc(C2CCC(CC3(C(N)=O)CCCCC3)CC2)cc1C. The van der Waals surface area contributed by atoms with Crippen LogP contribution in [0.4, 0.5) is 0 Å². The van der Waals surface area contributed by atoms with E-state index in [-0.39, 0.29) is 11.3 Å². The minimum Gasteiger partial charge on any atom is -0.496 e. The molecule has 2 aliphatic rings. The van der Waals surface area contributed by atoms with Crippen LogP contribution >= 0.6 is 0 Å². The van der Waals surface area contributed by atoms with Crippen molar-refractivity contribution in [2.24, 2.45) is 17.1 Å². The molecule has 1 aromatic carbocycles. The van der Waals surface area contributed by atoms with Gasteiger partial charge in [0, 0.05) is 5.41 Å². The fourth-order valence-electron chi connectivity index (χ4n) is 5.19. The van der Waals surface area contributed by atoms with E-state index in [1.807, 2.05) is 0 Å². The van der Waals surface area contributed by atoms with Crippen LogP contribution in [-0.2, 0) is 4.79 Å². The van der Waals surface area contributed by atoms with Crippen LogP contribution in [0.25, 0.3) is 0 Å². The van der Waals surface area contributed by atoms with E-state index in [0.717, 1.165) is 25.0 Å². The zero-order valence-electron chi connectivity index (χ0n) is 15.9. The summed E-state index contributed by atoms with van der Waals surface area (Å²) in [5.74, 6) is 2.25. The van der Waals surface area contributed by atoms with Crippen LogP contribution in [0.3, 0.4) is 0 Å². The average Bonchev–Trinajstić information content (AvgIpc) is 2.63. The van der Waals surface area contributed by atoms with Crippen molar-refractivity contribution in [3.8, 4) is 5.75 Å². The third kappa shape index (κ3) is 4.02. The van der Waals surface area contributed by atoms with Gasteiger partial charge in [-0.3, -0.25) is 4.79 Å². The number of carbonyl (C=O) groups excluding carboxylic acids is 1. The van der Waals surface area contributed by atoms with Gasteiger partial charge < -0.3 is 10.5 Å². The van der Waals surface area contributed by atoms with Crippen molar-refractivity contribution in [1.29, 1.82) is 0 Å². The largest absolute Gasteiger partial charge is 0.496 e. The van der Waals surface area contributed by atoms with E-state index in [4.69, 9.17) is 10.5 Å². The highest BCUT2D eigenvalue weighted by Crippen LogP contribution is 2.46. The highest BCUT2D eigenvalue weighted by molar-refractivity contribution is 5.80. The number of amides is 1. The smallest absolute Gasteiger partial charge is 0.223 e. The molecule has 25 heavy (non-hydrogen) atoms. The Morgan fingerprint density at radius 3 is 2.40 bits per heavy atom. The molecular weight excluding hydrogens is 310 g/mol. The lowest BCUT2D eigenvalue weighted by atomic mass is 9.65. The van der Waals surface area contributed by atoms with Crippen LogP contribution in [0, 0.1) is 18.3 Å². The van der Waals surface area contributed by atoms with Crippen molar-refractivity contribution in [1.82, 2.24) is 0 Å². The van der Waals surface area contributed by atoms with Crippen LogP contribution in [0.1, 0.15) is 81.3 Å². The lowest BCUT2D eigenvalue weighted by Gasteiger charge is -2.39. The minimum atomic E-state index is -0.202. The summed E-state index contributed by atoms with van der Waals surface area (Å²) in [6, 6.07) is 6.61. The minimum absolute atomic E-state index is 0.0416. The van der Waals surface area contributed by atoms with Crippen molar-refractivity contribution in [2.75, 3.05) is 7.11 Å². The molecule has 138 valence electrons. The van der Waals surface area contributed by atoms with E-state index >= 15 is 0 Å². The predicted octanol–water partition coefficient (Wildman–Crippen LogP) is 5.10. The molecule has 0 aliphatic heterocycles. The molecule has 0 spiro atoms. The Hall–Kier alpha value is -1.51. The van der Waals surface area contributed by atoms with Crippen molar-refractivity contribution in [3.63, 3.8) is 0 Å². The topological polar surface area (TPSA) is 52.3 Å². The maximum absolute atomic E-state index is 12.1. The third-order valence-corrected chi connectivity index (χ3v) is 6.75. The van der Waals surface area contributed by atoms with Crippen LogP contribution in [0.2, 0.25) is 0 Å². The van der Waals surface area contributed by atoms with Gasteiger partial charge in [0.2, 0.25) is 5.91 Å². The second-order valence-electron chi connectivity index (χ2n) is 8.36. The molecule has 1 amide bonds. The van der Waals surface area contributed by atoms with Crippen molar-refractivity contribution >= 4 is 5.91 Å². The zero-order chi connectivity index (χ0) is 17.9. The Labute approximate surface area is 152 Å². The molecule has 0 unspecified atom stereocenters. The summed E-state index contributed by atoms with van der Waals surface area (Å²) < 4.78 is 5.38. The fraction of sp³-hybridized carbons (Fsp3) is 0.682. The molecular formula is C22H33NO2. The van der Waals surface area contributed by atoms with Gasteiger partial charge in [0.1, 0.15) is 5.75 Å². The molecule has 3 rings (SSSR count). The number of primary amides is 1. The fourth-order valence-corrected chi connectivity index (χ4v) is 5.19. The first-order valence-corrected chi connectivity index (χ1v) is 9.98. The van der Waals surface area contributed by atoms with Gasteiger partial charge >= 0.3 is 0 Å². The summed E-state index contributed by atoms with van der Waals surface area (Å²) in [5.41, 5.74) is 8.29. The van der Waals surface area contributed by atoms with Crippen LogP contribution < -0.4 is 10.5 Å². The standard InChI is InChI=1S/C22H33NO2/c1-16-14-19(10-11-20(16)25-2)18-8-6-17(7-9-18)15-22(21(23)24)12-4-3-5-13-22/h10-11,14,17-18H,3-9,12-13,15H2,1-2H3,(H2,23,24). The Balaban J connectivity index is 1.60. The number of rotatable bonds is 5. The molecule has 0 heterocycles. The van der Waals surface area contributed by atoms with Crippen LogP contribution in [-0.4, -0.2) is 13.0 Å². The molecule has 0 radical (unpaired) electrons. The molecule has 2 saturated carbocycles. The first-order valence-electron chi connectivity index (χ1n) is 9.98. The zero-order valence-corrected chi connectivity index (χ0v) is 15.9. The molecule has 2 aliphatic carbocycles. The predicted molar refractivity (Wildman–Crippen MR) is 102 cm³/mol. The third-order valence-electron chi connectivity index (χ3n) is 6.75. The summed E-state index contributed by atoms with van der Waals surface area (Å²) in [5, 5.41) is 0. The summed E-state index contributed by atoms with van der Waals surface area (Å²) in [6.45, 7) is 2.12. The molecule has 0 bridgehead atoms. The van der Waals surface area contributed by atoms with Gasteiger partial charge in [-0.1, -0.05) is 31.4 Å². The second-order valence-corrected chi connectivity index (χ2v) is 8.36. The van der Waals surface area contributed by atoms with E-state index in [9.17, 15) is 4.79 Å². The van der Waals surface area contributed by atoms with Gasteiger partial charge in [-0.15, -0.1) is 0 Å². The van der Waals surface area contributed by atoms with Gasteiger partial charge in [-0.25, -0.2) is 0 Å². The van der Waals surface area contributed by atoms with Gasteiger partial charge in [0.05, 0.1) is 7.11 Å². The Bertz CT molecular complexity index is 596. The lowest BCUT2D eigenvalue weighted by Crippen LogP contribution is -2.40. The quantitative estimate of drug-likeness (QED) is 0.808. The number of aryl methyl sites for hydroxylation is 1. The highest BCUT2D eigenvalue weighted by atomic mass is 16.5. The van der Waals surface area contributed by atoms with Crippen molar-refractivity contribution in [3.05, 3.63) is 29.3 Å². The number of benzene rings is 1. The Morgan fingerprint density at radius 1 is 1.16 bits per heavy atom. The van der Waals surface area contributed by atoms with Gasteiger partial charge in [0.25, 0.3) is 0 Å². The molecule has 0 aromatic heterocycles. The highest BCUT2D eigenvalue weighted by Gasteiger charge is 2.40. The van der Waals surface area contributed by atoms with Crippen LogP contribution in [0.5, 0.6) is 5.75 Å². The summed E-state index contributed by atoms with van der Waals surface area (Å²) in [4.78, 5) is 12.1. The Kier molecular flexibility index (Phi) is 5.71. The molecule has 1 aromatic rings. The Morgan fingerprint density at radius 2 is 1.84 bits per heavy atom. The maximum Gasteiger partial charge on any atom is 0.223 e. The molecule has 0 atom stereocenters. The van der Waals surface area contributed by atoms with E-state index in [0.29, 0.717) is 11.8 Å². The molecule has 3 nitrogen and oxygen atoms in total. The van der Waals surface area contributed by atoms with Gasteiger partial charge in [0.15, 0.2) is 0 Å². The van der Waals surface area contributed by atoms with E-state index in [1.54, 1.807) is 7.11 Å².